The van der Waals surface area contributed by atoms with E-state index in [4.69, 9.17) is 0 Å². The van der Waals surface area contributed by atoms with Gasteiger partial charge in [0.2, 0.25) is 0 Å². The Morgan fingerprint density at radius 2 is 1.57 bits per heavy atom. The molecule has 2 aromatic carbocycles. The SMILES string of the molecule is Cl.c1ccc(C(CCN2CCCCC23CCc2ccsc2C3)c2ccccc2)cc1. The fourth-order valence-corrected chi connectivity index (χ4v) is 6.74. The number of benzene rings is 2. The minimum absolute atomic E-state index is 0. The van der Waals surface area contributed by atoms with Crippen LogP contribution < -0.4 is 0 Å². The van der Waals surface area contributed by atoms with Crippen LogP contribution in [0.4, 0.5) is 0 Å². The molecule has 1 atom stereocenters. The number of aryl methyl sites for hydroxylation is 1. The van der Waals surface area contributed by atoms with Gasteiger partial charge in [0.05, 0.1) is 0 Å². The Hall–Kier alpha value is -1.61. The van der Waals surface area contributed by atoms with Crippen molar-refractivity contribution in [3.8, 4) is 0 Å². The minimum Gasteiger partial charge on any atom is -0.297 e. The number of piperidine rings is 1. The first kappa shape index (κ1) is 21.6. The fourth-order valence-electron chi connectivity index (χ4n) is 5.67. The second-order valence-electron chi connectivity index (χ2n) is 8.88. The van der Waals surface area contributed by atoms with E-state index in [0.29, 0.717) is 11.5 Å². The fraction of sp³-hybridized carbons (Fsp3) is 0.407. The molecule has 2 heterocycles. The molecule has 30 heavy (non-hydrogen) atoms. The largest absolute Gasteiger partial charge is 0.297 e. The number of likely N-dealkylation sites (tertiary alicyclic amines) is 1. The summed E-state index contributed by atoms with van der Waals surface area (Å²) in [5.74, 6) is 0.484. The molecule has 2 aliphatic rings. The van der Waals surface area contributed by atoms with Crippen molar-refractivity contribution in [1.29, 1.82) is 0 Å². The molecular weight excluding hydrogens is 406 g/mol. The summed E-state index contributed by atoms with van der Waals surface area (Å²) in [4.78, 5) is 4.55. The molecular formula is C27H32ClNS. The summed E-state index contributed by atoms with van der Waals surface area (Å²) < 4.78 is 0. The summed E-state index contributed by atoms with van der Waals surface area (Å²) in [6.07, 6.45) is 9.24. The molecule has 5 rings (SSSR count). The second-order valence-corrected chi connectivity index (χ2v) is 9.88. The molecule has 1 nitrogen and oxygen atoms in total. The van der Waals surface area contributed by atoms with E-state index in [-0.39, 0.29) is 12.4 Å². The average Bonchev–Trinajstić information content (AvgIpc) is 3.24. The number of nitrogens with zero attached hydrogens (tertiary/aromatic N) is 1. The summed E-state index contributed by atoms with van der Waals surface area (Å²) in [6.45, 7) is 2.48. The Kier molecular flexibility index (Phi) is 6.98. The third-order valence-electron chi connectivity index (χ3n) is 7.27. The molecule has 0 bridgehead atoms. The summed E-state index contributed by atoms with van der Waals surface area (Å²) in [5, 5.41) is 2.30. The highest BCUT2D eigenvalue weighted by molar-refractivity contribution is 7.10. The molecule has 0 amide bonds. The van der Waals surface area contributed by atoms with Gasteiger partial charge in [-0.1, -0.05) is 67.1 Å². The highest BCUT2D eigenvalue weighted by Gasteiger charge is 2.41. The van der Waals surface area contributed by atoms with Gasteiger partial charge in [-0.3, -0.25) is 4.90 Å². The third-order valence-corrected chi connectivity index (χ3v) is 8.23. The van der Waals surface area contributed by atoms with Crippen LogP contribution in [0, 0.1) is 0 Å². The van der Waals surface area contributed by atoms with Crippen molar-refractivity contribution in [3.05, 3.63) is 93.7 Å². The molecule has 1 aromatic heterocycles. The summed E-state index contributed by atoms with van der Waals surface area (Å²) in [5.41, 5.74) is 4.94. The van der Waals surface area contributed by atoms with E-state index < -0.39 is 0 Å². The Bertz CT molecular complexity index is 883. The van der Waals surface area contributed by atoms with Crippen LogP contribution in [0.2, 0.25) is 0 Å². The predicted octanol–water partition coefficient (Wildman–Crippen LogP) is 7.11. The second kappa shape index (κ2) is 9.68. The monoisotopic (exact) mass is 437 g/mol. The van der Waals surface area contributed by atoms with E-state index in [1.165, 1.54) is 69.2 Å². The van der Waals surface area contributed by atoms with Crippen LogP contribution in [-0.2, 0) is 12.8 Å². The van der Waals surface area contributed by atoms with Crippen molar-refractivity contribution in [2.75, 3.05) is 13.1 Å². The molecule has 1 fully saturated rings. The van der Waals surface area contributed by atoms with Crippen molar-refractivity contribution in [2.45, 2.75) is 56.4 Å². The van der Waals surface area contributed by atoms with Gasteiger partial charge in [0.25, 0.3) is 0 Å². The molecule has 1 saturated heterocycles. The summed E-state index contributed by atoms with van der Waals surface area (Å²) >= 11 is 1.99. The van der Waals surface area contributed by atoms with E-state index in [2.05, 4.69) is 77.0 Å². The van der Waals surface area contributed by atoms with Crippen LogP contribution in [0.15, 0.2) is 72.1 Å². The molecule has 158 valence electrons. The zero-order valence-electron chi connectivity index (χ0n) is 17.6. The van der Waals surface area contributed by atoms with E-state index in [9.17, 15) is 0 Å². The zero-order valence-corrected chi connectivity index (χ0v) is 19.3. The lowest BCUT2D eigenvalue weighted by atomic mass is 9.74. The Morgan fingerprint density at radius 3 is 2.27 bits per heavy atom. The quantitative estimate of drug-likeness (QED) is 0.411. The predicted molar refractivity (Wildman–Crippen MR) is 131 cm³/mol. The van der Waals surface area contributed by atoms with Gasteiger partial charge < -0.3 is 0 Å². The minimum atomic E-state index is 0. The van der Waals surface area contributed by atoms with Crippen LogP contribution in [0.5, 0.6) is 0 Å². The van der Waals surface area contributed by atoms with Crippen LogP contribution in [0.3, 0.4) is 0 Å². The maximum Gasteiger partial charge on any atom is 0.0261 e. The highest BCUT2D eigenvalue weighted by Crippen LogP contribution is 2.42. The first-order valence-electron chi connectivity index (χ1n) is 11.2. The average molecular weight is 438 g/mol. The Labute approximate surface area is 191 Å². The van der Waals surface area contributed by atoms with Crippen molar-refractivity contribution in [3.63, 3.8) is 0 Å². The van der Waals surface area contributed by atoms with E-state index in [0.717, 1.165) is 0 Å². The lowest BCUT2D eigenvalue weighted by Crippen LogP contribution is -2.55. The van der Waals surface area contributed by atoms with Gasteiger partial charge in [-0.15, -0.1) is 23.7 Å². The number of hydrogen-bond acceptors (Lipinski definition) is 2. The van der Waals surface area contributed by atoms with E-state index >= 15 is 0 Å². The lowest BCUT2D eigenvalue weighted by molar-refractivity contribution is 0.0330. The molecule has 3 aromatic rings. The number of hydrogen-bond donors (Lipinski definition) is 0. The molecule has 0 N–H and O–H groups in total. The smallest absolute Gasteiger partial charge is 0.0261 e. The summed E-state index contributed by atoms with van der Waals surface area (Å²) in [6, 6.07) is 24.6. The number of fused-ring (bicyclic) bond motifs is 1. The highest BCUT2D eigenvalue weighted by atomic mass is 35.5. The van der Waals surface area contributed by atoms with Gasteiger partial charge in [0.15, 0.2) is 0 Å². The van der Waals surface area contributed by atoms with Crippen LogP contribution >= 0.6 is 23.7 Å². The van der Waals surface area contributed by atoms with Crippen LogP contribution in [0.1, 0.15) is 59.6 Å². The zero-order chi connectivity index (χ0) is 19.5. The maximum atomic E-state index is 2.89. The van der Waals surface area contributed by atoms with Gasteiger partial charge in [-0.2, -0.15) is 0 Å². The molecule has 0 saturated carbocycles. The number of thiophene rings is 1. The normalized spacial score (nSPS) is 21.4. The van der Waals surface area contributed by atoms with Gasteiger partial charge in [0, 0.05) is 22.8 Å². The lowest BCUT2D eigenvalue weighted by Gasteiger charge is -2.50. The number of rotatable bonds is 5. The van der Waals surface area contributed by atoms with Gasteiger partial charge in [0.1, 0.15) is 0 Å². The van der Waals surface area contributed by atoms with Crippen LogP contribution in [0.25, 0.3) is 0 Å². The van der Waals surface area contributed by atoms with Gasteiger partial charge in [-0.05, 0) is 73.3 Å². The Morgan fingerprint density at radius 1 is 0.867 bits per heavy atom. The molecule has 1 spiro atoms. The standard InChI is InChI=1S/C27H31NS.ClH/c1-3-9-22(10-4-1)25(23-11-5-2-6-12-23)14-19-28-18-8-7-16-27(28)17-13-24-15-20-29-26(24)21-27;/h1-6,9-12,15,20,25H,7-8,13-14,16-19,21H2;1H. The van der Waals surface area contributed by atoms with Gasteiger partial charge >= 0.3 is 0 Å². The van der Waals surface area contributed by atoms with Crippen LogP contribution in [-0.4, -0.2) is 23.5 Å². The molecule has 0 radical (unpaired) electrons. The molecule has 3 heteroatoms. The summed E-state index contributed by atoms with van der Waals surface area (Å²) in [7, 11) is 0. The topological polar surface area (TPSA) is 3.24 Å². The molecule has 1 unspecified atom stereocenters. The van der Waals surface area contributed by atoms with Crippen molar-refractivity contribution in [2.24, 2.45) is 0 Å². The van der Waals surface area contributed by atoms with Crippen molar-refractivity contribution >= 4 is 23.7 Å². The molecule has 1 aliphatic carbocycles. The van der Waals surface area contributed by atoms with Gasteiger partial charge in [-0.25, -0.2) is 0 Å². The third kappa shape index (κ3) is 4.37. The maximum absolute atomic E-state index is 2.89. The first-order chi connectivity index (χ1) is 14.3. The number of halogens is 1. The van der Waals surface area contributed by atoms with E-state index in [1.807, 2.05) is 11.3 Å². The Balaban J connectivity index is 0.00000218. The van der Waals surface area contributed by atoms with E-state index in [1.54, 1.807) is 10.4 Å². The molecule has 1 aliphatic heterocycles. The van der Waals surface area contributed by atoms with Crippen molar-refractivity contribution in [1.82, 2.24) is 4.90 Å². The van der Waals surface area contributed by atoms with Crippen molar-refractivity contribution < 1.29 is 0 Å². The first-order valence-corrected chi connectivity index (χ1v) is 12.1.